The molecule has 0 unspecified atom stereocenters. The average Bonchev–Trinajstić information content (AvgIpc) is 3.00. The van der Waals surface area contributed by atoms with Crippen molar-refractivity contribution in [3.05, 3.63) is 92.7 Å². The number of carbonyl (C=O) groups excluding carboxylic acids is 1. The molecule has 0 aliphatic carbocycles. The van der Waals surface area contributed by atoms with Gasteiger partial charge in [-0.05, 0) is 55.3 Å². The molecule has 0 aliphatic rings. The molecule has 0 fully saturated rings. The van der Waals surface area contributed by atoms with Crippen LogP contribution in [-0.4, -0.2) is 10.5 Å². The smallest absolute Gasteiger partial charge is 0.262 e. The van der Waals surface area contributed by atoms with Crippen molar-refractivity contribution in [3.8, 4) is 11.8 Å². The summed E-state index contributed by atoms with van der Waals surface area (Å²) in [6.45, 7) is 4.24. The van der Waals surface area contributed by atoms with Crippen molar-refractivity contribution in [2.75, 3.05) is 0 Å². The summed E-state index contributed by atoms with van der Waals surface area (Å²) in [4.78, 5) is 12.5. The zero-order valence-corrected chi connectivity index (χ0v) is 17.6. The molecule has 0 radical (unpaired) electrons. The van der Waals surface area contributed by atoms with E-state index >= 15 is 0 Å². The molecule has 2 aromatic carbocycles. The lowest BCUT2D eigenvalue weighted by Crippen LogP contribution is -2.23. The fourth-order valence-electron chi connectivity index (χ4n) is 3.13. The van der Waals surface area contributed by atoms with Crippen LogP contribution >= 0.6 is 23.2 Å². The Hall–Kier alpha value is -3.00. The van der Waals surface area contributed by atoms with Gasteiger partial charge in [-0.3, -0.25) is 4.79 Å². The minimum Gasteiger partial charge on any atom is -0.347 e. The highest BCUT2D eigenvalue weighted by Crippen LogP contribution is 2.28. The summed E-state index contributed by atoms with van der Waals surface area (Å²) in [5.74, 6) is -0.407. The Morgan fingerprint density at radius 2 is 1.83 bits per heavy atom. The van der Waals surface area contributed by atoms with E-state index in [-0.39, 0.29) is 5.57 Å². The Balaban J connectivity index is 1.87. The summed E-state index contributed by atoms with van der Waals surface area (Å²) in [6, 6.07) is 18.9. The highest BCUT2D eigenvalue weighted by Gasteiger charge is 2.14. The lowest BCUT2D eigenvalue weighted by Gasteiger charge is -2.10. The van der Waals surface area contributed by atoms with E-state index in [1.807, 2.05) is 66.9 Å². The van der Waals surface area contributed by atoms with E-state index in [1.165, 1.54) is 0 Å². The van der Waals surface area contributed by atoms with Crippen molar-refractivity contribution < 1.29 is 4.79 Å². The molecule has 0 saturated heterocycles. The molecule has 0 aliphatic heterocycles. The van der Waals surface area contributed by atoms with E-state index in [1.54, 1.807) is 18.2 Å². The summed E-state index contributed by atoms with van der Waals surface area (Å²) in [5, 5.41) is 13.2. The second-order valence-electron chi connectivity index (χ2n) is 6.60. The van der Waals surface area contributed by atoms with Gasteiger partial charge >= 0.3 is 0 Å². The van der Waals surface area contributed by atoms with Gasteiger partial charge in [0.05, 0.1) is 10.0 Å². The van der Waals surface area contributed by atoms with E-state index in [0.29, 0.717) is 16.6 Å². The van der Waals surface area contributed by atoms with Crippen LogP contribution in [-0.2, 0) is 11.3 Å². The van der Waals surface area contributed by atoms with E-state index in [2.05, 4.69) is 5.32 Å². The summed E-state index contributed by atoms with van der Waals surface area (Å²) in [7, 11) is 0. The highest BCUT2D eigenvalue weighted by molar-refractivity contribution is 6.42. The second kappa shape index (κ2) is 9.00. The zero-order valence-electron chi connectivity index (χ0n) is 16.0. The van der Waals surface area contributed by atoms with Crippen molar-refractivity contribution in [1.29, 1.82) is 5.26 Å². The molecule has 1 aromatic heterocycles. The lowest BCUT2D eigenvalue weighted by atomic mass is 10.1. The maximum atomic E-state index is 12.5. The third kappa shape index (κ3) is 4.71. The number of nitriles is 1. The van der Waals surface area contributed by atoms with Crippen LogP contribution in [0, 0.1) is 25.2 Å². The third-order valence-electron chi connectivity index (χ3n) is 4.59. The van der Waals surface area contributed by atoms with Crippen molar-refractivity contribution in [2.24, 2.45) is 0 Å². The van der Waals surface area contributed by atoms with Crippen molar-refractivity contribution in [1.82, 2.24) is 9.88 Å². The van der Waals surface area contributed by atoms with Crippen LogP contribution in [0.5, 0.6) is 0 Å². The summed E-state index contributed by atoms with van der Waals surface area (Å²) in [5.41, 5.74) is 4.52. The van der Waals surface area contributed by atoms with Gasteiger partial charge in [0.25, 0.3) is 5.91 Å². The van der Waals surface area contributed by atoms with Crippen molar-refractivity contribution in [3.63, 3.8) is 0 Å². The monoisotopic (exact) mass is 423 g/mol. The maximum Gasteiger partial charge on any atom is 0.262 e. The number of amides is 1. The molecular formula is C23H19Cl2N3O. The molecule has 6 heteroatoms. The molecule has 146 valence electrons. The Labute approximate surface area is 180 Å². The number of rotatable bonds is 5. The molecule has 29 heavy (non-hydrogen) atoms. The van der Waals surface area contributed by atoms with Gasteiger partial charge in [-0.25, -0.2) is 0 Å². The van der Waals surface area contributed by atoms with Gasteiger partial charge in [0, 0.05) is 23.6 Å². The van der Waals surface area contributed by atoms with Gasteiger partial charge in [-0.2, -0.15) is 5.26 Å². The van der Waals surface area contributed by atoms with Gasteiger partial charge in [0.2, 0.25) is 0 Å². The number of nitrogens with one attached hydrogen (secondary N) is 1. The average molecular weight is 424 g/mol. The van der Waals surface area contributed by atoms with E-state index < -0.39 is 5.91 Å². The normalized spacial score (nSPS) is 11.2. The Morgan fingerprint density at radius 3 is 2.48 bits per heavy atom. The molecule has 1 heterocycles. The molecule has 4 nitrogen and oxygen atoms in total. The van der Waals surface area contributed by atoms with Gasteiger partial charge < -0.3 is 9.88 Å². The highest BCUT2D eigenvalue weighted by atomic mass is 35.5. The number of aryl methyl sites for hydroxylation is 1. The number of halogens is 2. The largest absolute Gasteiger partial charge is 0.347 e. The molecule has 0 bridgehead atoms. The minimum atomic E-state index is -0.407. The first-order chi connectivity index (χ1) is 13.9. The standard InChI is InChI=1S/C23H19Cl2N3O/c1-15-10-18(16(2)28(15)20-8-9-21(24)22(25)12-20)11-19(13-26)23(29)27-14-17-6-4-3-5-7-17/h3-12H,14H2,1-2H3,(H,27,29)/b19-11+. The van der Waals surface area contributed by atoms with Crippen LogP contribution in [0.1, 0.15) is 22.5 Å². The molecule has 0 atom stereocenters. The van der Waals surface area contributed by atoms with Crippen molar-refractivity contribution >= 4 is 35.2 Å². The number of aromatic nitrogens is 1. The lowest BCUT2D eigenvalue weighted by molar-refractivity contribution is -0.117. The van der Waals surface area contributed by atoms with Gasteiger partial charge in [-0.15, -0.1) is 0 Å². The molecule has 3 rings (SSSR count). The first-order valence-electron chi connectivity index (χ1n) is 8.99. The topological polar surface area (TPSA) is 57.8 Å². The fourth-order valence-corrected chi connectivity index (χ4v) is 3.43. The number of hydrogen-bond donors (Lipinski definition) is 1. The van der Waals surface area contributed by atoms with Gasteiger partial charge in [-0.1, -0.05) is 53.5 Å². The molecule has 3 aromatic rings. The van der Waals surface area contributed by atoms with Crippen LogP contribution in [0.2, 0.25) is 10.0 Å². The molecule has 1 N–H and O–H groups in total. The molecular weight excluding hydrogens is 405 g/mol. The number of carbonyl (C=O) groups is 1. The van der Waals surface area contributed by atoms with Crippen LogP contribution in [0.4, 0.5) is 0 Å². The summed E-state index contributed by atoms with van der Waals surface area (Å²) in [6.07, 6.45) is 1.61. The third-order valence-corrected chi connectivity index (χ3v) is 5.33. The fraction of sp³-hybridized carbons (Fsp3) is 0.130. The summed E-state index contributed by atoms with van der Waals surface area (Å²) < 4.78 is 2.00. The Bertz CT molecular complexity index is 1130. The van der Waals surface area contributed by atoms with Crippen molar-refractivity contribution in [2.45, 2.75) is 20.4 Å². The van der Waals surface area contributed by atoms with E-state index in [9.17, 15) is 10.1 Å². The maximum absolute atomic E-state index is 12.5. The quantitative estimate of drug-likeness (QED) is 0.427. The molecule has 0 spiro atoms. The van der Waals surface area contributed by atoms with Crippen LogP contribution < -0.4 is 5.32 Å². The Kier molecular flexibility index (Phi) is 6.43. The molecule has 1 amide bonds. The Morgan fingerprint density at radius 1 is 1.10 bits per heavy atom. The minimum absolute atomic E-state index is 0.0512. The predicted octanol–water partition coefficient (Wildman–Crippen LogP) is 5.62. The van der Waals surface area contributed by atoms with Gasteiger partial charge in [0.15, 0.2) is 0 Å². The molecule has 0 saturated carbocycles. The first kappa shape index (κ1) is 20.7. The second-order valence-corrected chi connectivity index (χ2v) is 7.41. The summed E-state index contributed by atoms with van der Waals surface area (Å²) >= 11 is 12.2. The van der Waals surface area contributed by atoms with Crippen LogP contribution in [0.15, 0.2) is 60.2 Å². The SMILES string of the molecule is Cc1cc(/C=C(\C#N)C(=O)NCc2ccccc2)c(C)n1-c1ccc(Cl)c(Cl)c1. The van der Waals surface area contributed by atoms with E-state index in [0.717, 1.165) is 28.2 Å². The zero-order chi connectivity index (χ0) is 21.0. The number of benzene rings is 2. The van der Waals surface area contributed by atoms with Gasteiger partial charge in [0.1, 0.15) is 11.6 Å². The number of nitrogens with zero attached hydrogens (tertiary/aromatic N) is 2. The predicted molar refractivity (Wildman–Crippen MR) is 117 cm³/mol. The number of hydrogen-bond acceptors (Lipinski definition) is 2. The van der Waals surface area contributed by atoms with Crippen LogP contribution in [0.25, 0.3) is 11.8 Å². The van der Waals surface area contributed by atoms with Crippen LogP contribution in [0.3, 0.4) is 0 Å². The first-order valence-corrected chi connectivity index (χ1v) is 9.74. The van der Waals surface area contributed by atoms with E-state index in [4.69, 9.17) is 23.2 Å².